The van der Waals surface area contributed by atoms with Crippen LogP contribution in [0.5, 0.6) is 0 Å². The molecule has 0 saturated carbocycles. The van der Waals surface area contributed by atoms with E-state index in [1.807, 2.05) is 72.8 Å². The average Bonchev–Trinajstić information content (AvgIpc) is 3.08. The molecule has 29 heavy (non-hydrogen) atoms. The van der Waals surface area contributed by atoms with Gasteiger partial charge in [0.05, 0.1) is 28.5 Å². The van der Waals surface area contributed by atoms with Gasteiger partial charge in [-0.3, -0.25) is 9.59 Å². The van der Waals surface area contributed by atoms with E-state index in [1.165, 1.54) is 6.20 Å². The fraction of sp³-hybridized carbons (Fsp3) is 0. The summed E-state index contributed by atoms with van der Waals surface area (Å²) < 4.78 is 0. The van der Waals surface area contributed by atoms with Crippen LogP contribution in [0.15, 0.2) is 83.8 Å². The third kappa shape index (κ3) is 3.06. The van der Waals surface area contributed by atoms with Crippen LogP contribution >= 0.6 is 0 Å². The maximum absolute atomic E-state index is 12.8. The number of carbonyl (C=O) groups is 1. The summed E-state index contributed by atoms with van der Waals surface area (Å²) in [6.07, 6.45) is 1.26. The van der Waals surface area contributed by atoms with Crippen LogP contribution in [-0.4, -0.2) is 15.9 Å². The molecule has 2 heterocycles. The summed E-state index contributed by atoms with van der Waals surface area (Å²) in [6, 6.07) is 22.8. The number of nitrogens with one attached hydrogen (secondary N) is 3. The van der Waals surface area contributed by atoms with Gasteiger partial charge in [0.15, 0.2) is 0 Å². The Morgan fingerprint density at radius 2 is 1.69 bits per heavy atom. The van der Waals surface area contributed by atoms with E-state index in [4.69, 9.17) is 0 Å². The van der Waals surface area contributed by atoms with Crippen molar-refractivity contribution in [2.24, 2.45) is 0 Å². The minimum atomic E-state index is -0.264. The van der Waals surface area contributed by atoms with E-state index < -0.39 is 0 Å². The second kappa shape index (κ2) is 6.76. The topological polar surface area (TPSA) is 86.9 Å². The Morgan fingerprint density at radius 1 is 0.897 bits per heavy atom. The molecule has 4 aromatic rings. The molecule has 3 aromatic carbocycles. The highest BCUT2D eigenvalue weighted by Crippen LogP contribution is 2.37. The molecule has 0 unspecified atom stereocenters. The monoisotopic (exact) mass is 380 g/mol. The standard InChI is InChI=1S/C23H16N4O2/c28-20-13-24-18-11-10-15(12-19(18)26-20)25-22(14-6-2-1-3-7-14)21-16-8-4-5-9-17(16)27-23(21)29/h1-13,25H,(H,26,28)(H,27,29). The second-order valence-corrected chi connectivity index (χ2v) is 6.72. The first kappa shape index (κ1) is 16.9. The molecule has 6 nitrogen and oxygen atoms in total. The van der Waals surface area contributed by atoms with Crippen molar-refractivity contribution >= 4 is 39.6 Å². The molecule has 0 atom stereocenters. The van der Waals surface area contributed by atoms with Gasteiger partial charge >= 0.3 is 0 Å². The molecule has 1 aliphatic heterocycles. The zero-order valence-electron chi connectivity index (χ0n) is 15.3. The highest BCUT2D eigenvalue weighted by atomic mass is 16.2. The summed E-state index contributed by atoms with van der Waals surface area (Å²) in [6.45, 7) is 0. The van der Waals surface area contributed by atoms with Gasteiger partial charge in [0.25, 0.3) is 11.5 Å². The predicted octanol–water partition coefficient (Wildman–Crippen LogP) is 3.86. The fourth-order valence-corrected chi connectivity index (χ4v) is 3.51. The Hall–Kier alpha value is -4.19. The maximum atomic E-state index is 12.8. The molecule has 140 valence electrons. The minimum absolute atomic E-state index is 0.159. The number of nitrogens with zero attached hydrogens (tertiary/aromatic N) is 1. The van der Waals surface area contributed by atoms with Gasteiger partial charge in [-0.05, 0) is 29.8 Å². The molecular formula is C23H16N4O2. The zero-order valence-corrected chi connectivity index (χ0v) is 15.3. The number of anilines is 2. The molecule has 0 radical (unpaired) electrons. The Balaban J connectivity index is 1.69. The fourth-order valence-electron chi connectivity index (χ4n) is 3.51. The van der Waals surface area contributed by atoms with Gasteiger partial charge in [-0.2, -0.15) is 0 Å². The van der Waals surface area contributed by atoms with Crippen LogP contribution in [0.25, 0.3) is 22.3 Å². The summed E-state index contributed by atoms with van der Waals surface area (Å²) in [7, 11) is 0. The van der Waals surface area contributed by atoms with Gasteiger partial charge in [-0.1, -0.05) is 48.5 Å². The van der Waals surface area contributed by atoms with Crippen LogP contribution in [0.2, 0.25) is 0 Å². The van der Waals surface area contributed by atoms with Gasteiger partial charge in [0.2, 0.25) is 0 Å². The summed E-state index contributed by atoms with van der Waals surface area (Å²) in [5, 5.41) is 6.32. The Kier molecular flexibility index (Phi) is 3.95. The first-order valence-electron chi connectivity index (χ1n) is 9.15. The van der Waals surface area contributed by atoms with Crippen LogP contribution in [0, 0.1) is 0 Å². The van der Waals surface area contributed by atoms with Gasteiger partial charge in [-0.15, -0.1) is 0 Å². The molecule has 0 bridgehead atoms. The van der Waals surface area contributed by atoms with Crippen LogP contribution in [0.3, 0.4) is 0 Å². The first-order valence-corrected chi connectivity index (χ1v) is 9.15. The average molecular weight is 380 g/mol. The molecule has 3 N–H and O–H groups in total. The number of benzene rings is 3. The van der Waals surface area contributed by atoms with Crippen molar-refractivity contribution < 1.29 is 4.79 Å². The van der Waals surface area contributed by atoms with Crippen molar-refractivity contribution in [1.82, 2.24) is 9.97 Å². The molecule has 0 aliphatic carbocycles. The zero-order chi connectivity index (χ0) is 19.8. The normalized spacial score (nSPS) is 14.4. The minimum Gasteiger partial charge on any atom is -0.354 e. The predicted molar refractivity (Wildman–Crippen MR) is 114 cm³/mol. The number of rotatable bonds is 3. The lowest BCUT2D eigenvalue weighted by molar-refractivity contribution is -0.110. The molecular weight excluding hydrogens is 364 g/mol. The molecule has 0 saturated heterocycles. The number of H-pyrrole nitrogens is 1. The third-order valence-electron chi connectivity index (χ3n) is 4.83. The first-order chi connectivity index (χ1) is 14.2. The maximum Gasteiger partial charge on any atom is 0.266 e. The Morgan fingerprint density at radius 3 is 2.55 bits per heavy atom. The number of aromatic amines is 1. The molecule has 0 fully saturated rings. The van der Waals surface area contributed by atoms with Crippen LogP contribution < -0.4 is 16.2 Å². The van der Waals surface area contributed by atoms with Crippen molar-refractivity contribution in [1.29, 1.82) is 0 Å². The summed E-state index contributed by atoms with van der Waals surface area (Å²) in [5.41, 5.74) is 5.57. The smallest absolute Gasteiger partial charge is 0.266 e. The van der Waals surface area contributed by atoms with Crippen LogP contribution in [0.1, 0.15) is 11.1 Å². The molecule has 0 spiro atoms. The van der Waals surface area contributed by atoms with Crippen molar-refractivity contribution in [2.45, 2.75) is 0 Å². The molecule has 1 aliphatic rings. The lowest BCUT2D eigenvalue weighted by Gasteiger charge is -2.15. The highest BCUT2D eigenvalue weighted by molar-refractivity contribution is 6.37. The van der Waals surface area contributed by atoms with Gasteiger partial charge < -0.3 is 15.6 Å². The van der Waals surface area contributed by atoms with E-state index in [2.05, 4.69) is 20.6 Å². The molecule has 6 heteroatoms. The Bertz CT molecular complexity index is 1340. The van der Waals surface area contributed by atoms with Gasteiger partial charge in [0.1, 0.15) is 0 Å². The summed E-state index contributed by atoms with van der Waals surface area (Å²) >= 11 is 0. The van der Waals surface area contributed by atoms with E-state index >= 15 is 0 Å². The van der Waals surface area contributed by atoms with E-state index in [1.54, 1.807) is 0 Å². The largest absolute Gasteiger partial charge is 0.354 e. The number of aromatic nitrogens is 2. The number of para-hydroxylation sites is 1. The van der Waals surface area contributed by atoms with E-state index in [0.29, 0.717) is 22.3 Å². The number of carbonyl (C=O) groups excluding carboxylic acids is 1. The van der Waals surface area contributed by atoms with E-state index in [9.17, 15) is 9.59 Å². The van der Waals surface area contributed by atoms with Crippen molar-refractivity contribution in [3.63, 3.8) is 0 Å². The number of amides is 1. The second-order valence-electron chi connectivity index (χ2n) is 6.72. The molecule has 1 amide bonds. The summed E-state index contributed by atoms with van der Waals surface area (Å²) in [4.78, 5) is 31.4. The molecule has 5 rings (SSSR count). The van der Waals surface area contributed by atoms with E-state index in [-0.39, 0.29) is 11.5 Å². The number of hydrogen-bond donors (Lipinski definition) is 3. The number of fused-ring (bicyclic) bond motifs is 2. The van der Waals surface area contributed by atoms with Gasteiger partial charge in [0, 0.05) is 16.9 Å². The van der Waals surface area contributed by atoms with Crippen molar-refractivity contribution in [3.05, 3.63) is 100 Å². The number of hydrogen-bond acceptors (Lipinski definition) is 4. The summed E-state index contributed by atoms with van der Waals surface area (Å²) in [5.74, 6) is -0.159. The lowest BCUT2D eigenvalue weighted by Crippen LogP contribution is -2.10. The SMILES string of the molecule is O=C1Nc2ccccc2C1=C(Nc1ccc2ncc(=O)[nH]c2c1)c1ccccc1. The van der Waals surface area contributed by atoms with Crippen LogP contribution in [-0.2, 0) is 4.79 Å². The lowest BCUT2D eigenvalue weighted by atomic mass is 10.00. The Labute approximate surface area is 165 Å². The molecule has 1 aromatic heterocycles. The quantitative estimate of drug-likeness (QED) is 0.471. The van der Waals surface area contributed by atoms with E-state index in [0.717, 1.165) is 22.5 Å². The van der Waals surface area contributed by atoms with Crippen molar-refractivity contribution in [2.75, 3.05) is 10.6 Å². The highest BCUT2D eigenvalue weighted by Gasteiger charge is 2.28. The van der Waals surface area contributed by atoms with Crippen molar-refractivity contribution in [3.8, 4) is 0 Å². The third-order valence-corrected chi connectivity index (χ3v) is 4.83. The van der Waals surface area contributed by atoms with Crippen LogP contribution in [0.4, 0.5) is 11.4 Å². The van der Waals surface area contributed by atoms with Gasteiger partial charge in [-0.25, -0.2) is 4.98 Å².